The van der Waals surface area contributed by atoms with Gasteiger partial charge in [-0.05, 0) is 70.2 Å². The SMILES string of the molecule is O=C(CN1C(=O)S/C(=C/c2ccc(-c3ccc(Br)cc3)o2)C1=O)Nc1ccc(Br)c(Cl)c1. The molecule has 1 saturated heterocycles. The quantitative estimate of drug-likeness (QED) is 0.328. The Labute approximate surface area is 209 Å². The van der Waals surface area contributed by atoms with Gasteiger partial charge < -0.3 is 9.73 Å². The molecule has 1 aliphatic rings. The third-order valence-corrected chi connectivity index (χ3v) is 7.08. The number of halogens is 3. The minimum absolute atomic E-state index is 0.186. The van der Waals surface area contributed by atoms with Gasteiger partial charge in [0.25, 0.3) is 11.1 Å². The lowest BCUT2D eigenvalue weighted by molar-refractivity contribution is -0.127. The summed E-state index contributed by atoms with van der Waals surface area (Å²) in [5, 5.41) is 2.53. The second-order valence-electron chi connectivity index (χ2n) is 6.65. The van der Waals surface area contributed by atoms with Crippen molar-refractivity contribution in [1.82, 2.24) is 4.90 Å². The van der Waals surface area contributed by atoms with Gasteiger partial charge in [0.2, 0.25) is 5.91 Å². The molecule has 0 aliphatic carbocycles. The van der Waals surface area contributed by atoms with Crippen LogP contribution in [0, 0.1) is 0 Å². The lowest BCUT2D eigenvalue weighted by Gasteiger charge is -2.12. The predicted molar refractivity (Wildman–Crippen MR) is 132 cm³/mol. The highest BCUT2D eigenvalue weighted by molar-refractivity contribution is 9.10. The molecular weight excluding hydrogens is 584 g/mol. The van der Waals surface area contributed by atoms with E-state index < -0.39 is 23.6 Å². The topological polar surface area (TPSA) is 79.6 Å². The number of thioether (sulfide) groups is 1. The molecule has 0 saturated carbocycles. The van der Waals surface area contributed by atoms with Crippen molar-refractivity contribution < 1.29 is 18.8 Å². The molecule has 162 valence electrons. The molecule has 2 heterocycles. The molecule has 0 spiro atoms. The van der Waals surface area contributed by atoms with E-state index in [4.69, 9.17) is 16.0 Å². The van der Waals surface area contributed by atoms with E-state index in [-0.39, 0.29) is 4.91 Å². The van der Waals surface area contributed by atoms with Gasteiger partial charge in [0.15, 0.2) is 0 Å². The molecule has 1 aliphatic heterocycles. The predicted octanol–water partition coefficient (Wildman–Crippen LogP) is 6.80. The van der Waals surface area contributed by atoms with Crippen LogP contribution < -0.4 is 5.32 Å². The van der Waals surface area contributed by atoms with Crippen LogP contribution in [0.25, 0.3) is 17.4 Å². The number of anilines is 1. The molecule has 0 atom stereocenters. The van der Waals surface area contributed by atoms with Crippen molar-refractivity contribution in [3.05, 3.63) is 79.2 Å². The number of furan rings is 1. The van der Waals surface area contributed by atoms with E-state index in [0.717, 1.165) is 26.7 Å². The fraction of sp³-hybridized carbons (Fsp3) is 0.0455. The fourth-order valence-corrected chi connectivity index (χ4v) is 4.39. The van der Waals surface area contributed by atoms with Crippen LogP contribution in [0.3, 0.4) is 0 Å². The molecule has 0 unspecified atom stereocenters. The van der Waals surface area contributed by atoms with Crippen molar-refractivity contribution in [3.8, 4) is 11.3 Å². The van der Waals surface area contributed by atoms with Crippen molar-refractivity contribution in [2.24, 2.45) is 0 Å². The van der Waals surface area contributed by atoms with Crippen molar-refractivity contribution >= 4 is 84.0 Å². The maximum atomic E-state index is 12.7. The number of amides is 3. The average Bonchev–Trinajstić information content (AvgIpc) is 3.32. The van der Waals surface area contributed by atoms with Crippen molar-refractivity contribution in [1.29, 1.82) is 0 Å². The van der Waals surface area contributed by atoms with Crippen molar-refractivity contribution in [3.63, 3.8) is 0 Å². The fourth-order valence-electron chi connectivity index (χ4n) is 2.88. The summed E-state index contributed by atoms with van der Waals surface area (Å²) < 4.78 is 7.43. The molecule has 10 heteroatoms. The van der Waals surface area contributed by atoms with Crippen LogP contribution in [0.2, 0.25) is 5.02 Å². The maximum Gasteiger partial charge on any atom is 0.294 e. The van der Waals surface area contributed by atoms with Crippen LogP contribution in [0.4, 0.5) is 10.5 Å². The highest BCUT2D eigenvalue weighted by Gasteiger charge is 2.36. The summed E-state index contributed by atoms with van der Waals surface area (Å²) >= 11 is 13.4. The first-order valence-electron chi connectivity index (χ1n) is 9.16. The Balaban J connectivity index is 1.44. The van der Waals surface area contributed by atoms with Gasteiger partial charge in [0.05, 0.1) is 9.93 Å². The monoisotopic (exact) mass is 594 g/mol. The summed E-state index contributed by atoms with van der Waals surface area (Å²) in [5.74, 6) is 0.00549. The number of benzene rings is 2. The molecule has 1 N–H and O–H groups in total. The Hall–Kier alpha value is -2.33. The molecule has 0 radical (unpaired) electrons. The maximum absolute atomic E-state index is 12.7. The lowest BCUT2D eigenvalue weighted by atomic mass is 10.2. The first kappa shape index (κ1) is 22.8. The molecule has 3 amide bonds. The Kier molecular flexibility index (Phi) is 6.90. The van der Waals surface area contributed by atoms with E-state index in [1.807, 2.05) is 24.3 Å². The van der Waals surface area contributed by atoms with Crippen LogP contribution in [0.15, 0.2) is 72.9 Å². The van der Waals surface area contributed by atoms with Gasteiger partial charge in [-0.25, -0.2) is 0 Å². The number of hydrogen-bond donors (Lipinski definition) is 1. The van der Waals surface area contributed by atoms with E-state index in [2.05, 4.69) is 37.2 Å². The first-order chi connectivity index (χ1) is 15.3. The van der Waals surface area contributed by atoms with Gasteiger partial charge in [-0.3, -0.25) is 19.3 Å². The Morgan fingerprint density at radius 1 is 1.09 bits per heavy atom. The Morgan fingerprint density at radius 3 is 2.56 bits per heavy atom. The molecule has 0 bridgehead atoms. The normalized spacial score (nSPS) is 15.0. The number of nitrogens with zero attached hydrogens (tertiary/aromatic N) is 1. The standard InChI is InChI=1S/C22H13Br2ClN2O4S/c23-13-3-1-12(2-4-13)18-8-6-15(31-18)10-19-21(29)27(22(30)32-19)11-20(28)26-14-5-7-16(24)17(25)9-14/h1-10H,11H2,(H,26,28)/b19-10+. The van der Waals surface area contributed by atoms with Crippen LogP contribution in [0.5, 0.6) is 0 Å². The molecule has 4 rings (SSSR count). The van der Waals surface area contributed by atoms with E-state index in [1.54, 1.807) is 30.3 Å². The highest BCUT2D eigenvalue weighted by atomic mass is 79.9. The van der Waals surface area contributed by atoms with Gasteiger partial charge in [0, 0.05) is 26.3 Å². The first-order valence-corrected chi connectivity index (χ1v) is 11.9. The van der Waals surface area contributed by atoms with Gasteiger partial charge in [-0.2, -0.15) is 0 Å². The number of carbonyl (C=O) groups excluding carboxylic acids is 3. The summed E-state index contributed by atoms with van der Waals surface area (Å²) in [5.41, 5.74) is 1.34. The zero-order valence-corrected chi connectivity index (χ0v) is 20.8. The Bertz CT molecular complexity index is 1260. The number of hydrogen-bond acceptors (Lipinski definition) is 5. The van der Waals surface area contributed by atoms with E-state index >= 15 is 0 Å². The summed E-state index contributed by atoms with van der Waals surface area (Å²) in [4.78, 5) is 38.4. The largest absolute Gasteiger partial charge is 0.457 e. The second kappa shape index (κ2) is 9.66. The highest BCUT2D eigenvalue weighted by Crippen LogP contribution is 2.33. The average molecular weight is 597 g/mol. The molecule has 1 aromatic heterocycles. The molecule has 1 fully saturated rings. The van der Waals surface area contributed by atoms with Crippen LogP contribution >= 0.6 is 55.2 Å². The van der Waals surface area contributed by atoms with Crippen LogP contribution in [-0.4, -0.2) is 28.5 Å². The summed E-state index contributed by atoms with van der Waals surface area (Å²) in [6.07, 6.45) is 1.50. The molecular formula is C22H13Br2ClN2O4S. The molecule has 3 aromatic rings. The number of rotatable bonds is 5. The van der Waals surface area contributed by atoms with Crippen LogP contribution in [0.1, 0.15) is 5.76 Å². The van der Waals surface area contributed by atoms with Crippen LogP contribution in [-0.2, 0) is 9.59 Å². The zero-order valence-electron chi connectivity index (χ0n) is 16.1. The van der Waals surface area contributed by atoms with E-state index in [9.17, 15) is 14.4 Å². The minimum atomic E-state index is -0.550. The molecule has 2 aromatic carbocycles. The molecule has 32 heavy (non-hydrogen) atoms. The third-order valence-electron chi connectivity index (χ3n) is 4.41. The molecule has 6 nitrogen and oxygen atoms in total. The van der Waals surface area contributed by atoms with Crippen molar-refractivity contribution in [2.75, 3.05) is 11.9 Å². The zero-order chi connectivity index (χ0) is 22.8. The smallest absolute Gasteiger partial charge is 0.294 e. The lowest BCUT2D eigenvalue weighted by Crippen LogP contribution is -2.36. The van der Waals surface area contributed by atoms with E-state index in [1.165, 1.54) is 6.08 Å². The van der Waals surface area contributed by atoms with E-state index in [0.29, 0.717) is 26.7 Å². The van der Waals surface area contributed by atoms with Crippen molar-refractivity contribution in [2.45, 2.75) is 0 Å². The van der Waals surface area contributed by atoms with Gasteiger partial charge in [-0.15, -0.1) is 0 Å². The Morgan fingerprint density at radius 2 is 1.84 bits per heavy atom. The summed E-state index contributed by atoms with van der Waals surface area (Å²) in [7, 11) is 0. The number of nitrogens with one attached hydrogen (secondary N) is 1. The van der Waals surface area contributed by atoms with Gasteiger partial charge in [0.1, 0.15) is 18.1 Å². The minimum Gasteiger partial charge on any atom is -0.457 e. The second-order valence-corrected chi connectivity index (χ2v) is 9.82. The number of imide groups is 1. The summed E-state index contributed by atoms with van der Waals surface area (Å²) in [6, 6.07) is 16.0. The van der Waals surface area contributed by atoms with Gasteiger partial charge >= 0.3 is 0 Å². The number of carbonyl (C=O) groups is 3. The van der Waals surface area contributed by atoms with Gasteiger partial charge in [-0.1, -0.05) is 39.7 Å². The third kappa shape index (κ3) is 5.17. The summed E-state index contributed by atoms with van der Waals surface area (Å²) in [6.45, 7) is -0.405.